The van der Waals surface area contributed by atoms with Crippen LogP contribution in [0.15, 0.2) is 18.2 Å². The van der Waals surface area contributed by atoms with Crippen LogP contribution in [0.5, 0.6) is 0 Å². The van der Waals surface area contributed by atoms with Gasteiger partial charge in [-0.15, -0.1) is 0 Å². The molecule has 4 heteroatoms. The first kappa shape index (κ1) is 14.6. The number of halogens is 1. The molecule has 0 spiro atoms. The maximum Gasteiger partial charge on any atom is 0.338 e. The Balaban J connectivity index is 2.46. The van der Waals surface area contributed by atoms with Gasteiger partial charge in [0.15, 0.2) is 0 Å². The van der Waals surface area contributed by atoms with Crippen molar-refractivity contribution in [3.63, 3.8) is 0 Å². The highest BCUT2D eigenvalue weighted by Crippen LogP contribution is 2.12. The van der Waals surface area contributed by atoms with E-state index in [-0.39, 0.29) is 18.0 Å². The molecule has 100 valence electrons. The Morgan fingerprint density at radius 1 is 1.28 bits per heavy atom. The van der Waals surface area contributed by atoms with E-state index in [2.05, 4.69) is 0 Å². The fraction of sp³-hybridized carbons (Fsp3) is 0.500. The van der Waals surface area contributed by atoms with Crippen LogP contribution < -0.4 is 0 Å². The molecule has 0 fully saturated rings. The highest BCUT2D eigenvalue weighted by atomic mass is 19.1. The Hall–Kier alpha value is -1.42. The standard InChI is InChI=1S/C14H19FO3/c1-10-9-11(15)5-6-12(10)13(16)17-7-8-18-14(2,3)4/h5-6,9H,7-8H2,1-4H3. The van der Waals surface area contributed by atoms with E-state index in [4.69, 9.17) is 9.47 Å². The van der Waals surface area contributed by atoms with Gasteiger partial charge in [0, 0.05) is 0 Å². The highest BCUT2D eigenvalue weighted by molar-refractivity contribution is 5.90. The van der Waals surface area contributed by atoms with Gasteiger partial charge in [-0.3, -0.25) is 0 Å². The number of carbonyl (C=O) groups excluding carboxylic acids is 1. The van der Waals surface area contributed by atoms with Crippen molar-refractivity contribution < 1.29 is 18.7 Å². The molecule has 1 aromatic carbocycles. The molecule has 0 heterocycles. The van der Waals surface area contributed by atoms with Gasteiger partial charge < -0.3 is 9.47 Å². The van der Waals surface area contributed by atoms with Crippen LogP contribution in [-0.2, 0) is 9.47 Å². The average Bonchev–Trinajstić information content (AvgIpc) is 2.22. The molecule has 1 aromatic rings. The predicted molar refractivity (Wildman–Crippen MR) is 67.1 cm³/mol. The zero-order valence-electron chi connectivity index (χ0n) is 11.2. The van der Waals surface area contributed by atoms with Crippen LogP contribution in [0.4, 0.5) is 4.39 Å². The molecule has 0 saturated carbocycles. The van der Waals surface area contributed by atoms with E-state index in [1.807, 2.05) is 20.8 Å². The zero-order chi connectivity index (χ0) is 13.8. The molecule has 1 rings (SSSR count). The minimum atomic E-state index is -0.454. The summed E-state index contributed by atoms with van der Waals surface area (Å²) >= 11 is 0. The molecule has 0 aliphatic rings. The second kappa shape index (κ2) is 5.96. The molecular formula is C14H19FO3. The number of hydrogen-bond acceptors (Lipinski definition) is 3. The smallest absolute Gasteiger partial charge is 0.338 e. The van der Waals surface area contributed by atoms with Crippen LogP contribution in [0.3, 0.4) is 0 Å². The summed E-state index contributed by atoms with van der Waals surface area (Å²) < 4.78 is 23.4. The van der Waals surface area contributed by atoms with E-state index < -0.39 is 5.97 Å². The van der Waals surface area contributed by atoms with Crippen LogP contribution in [0, 0.1) is 12.7 Å². The number of esters is 1. The summed E-state index contributed by atoms with van der Waals surface area (Å²) in [6.07, 6.45) is 0. The van der Waals surface area contributed by atoms with Crippen molar-refractivity contribution in [2.24, 2.45) is 0 Å². The normalized spacial score (nSPS) is 11.4. The van der Waals surface area contributed by atoms with Gasteiger partial charge in [-0.25, -0.2) is 9.18 Å². The largest absolute Gasteiger partial charge is 0.460 e. The molecule has 0 radical (unpaired) electrons. The summed E-state index contributed by atoms with van der Waals surface area (Å²) in [6.45, 7) is 7.99. The lowest BCUT2D eigenvalue weighted by Gasteiger charge is -2.19. The molecule has 0 aliphatic carbocycles. The summed E-state index contributed by atoms with van der Waals surface area (Å²) in [7, 11) is 0. The first-order valence-electron chi connectivity index (χ1n) is 5.87. The molecule has 0 amide bonds. The van der Waals surface area contributed by atoms with Gasteiger partial charge in [-0.05, 0) is 51.5 Å². The summed E-state index contributed by atoms with van der Waals surface area (Å²) in [5.41, 5.74) is 0.696. The third kappa shape index (κ3) is 4.84. The van der Waals surface area contributed by atoms with Gasteiger partial charge in [0.05, 0.1) is 17.8 Å². The van der Waals surface area contributed by atoms with Crippen molar-refractivity contribution in [3.05, 3.63) is 35.1 Å². The summed E-state index contributed by atoms with van der Waals surface area (Å²) in [5.74, 6) is -0.815. The number of aryl methyl sites for hydroxylation is 1. The van der Waals surface area contributed by atoms with Crippen molar-refractivity contribution in [2.45, 2.75) is 33.3 Å². The maximum absolute atomic E-state index is 12.9. The summed E-state index contributed by atoms with van der Waals surface area (Å²) in [4.78, 5) is 11.7. The molecule has 0 N–H and O–H groups in total. The number of carbonyl (C=O) groups is 1. The number of ether oxygens (including phenoxy) is 2. The topological polar surface area (TPSA) is 35.5 Å². The van der Waals surface area contributed by atoms with Crippen molar-refractivity contribution in [1.29, 1.82) is 0 Å². The molecule has 3 nitrogen and oxygen atoms in total. The van der Waals surface area contributed by atoms with Crippen LogP contribution in [0.1, 0.15) is 36.7 Å². The van der Waals surface area contributed by atoms with Crippen molar-refractivity contribution in [3.8, 4) is 0 Å². The third-order valence-electron chi connectivity index (χ3n) is 2.26. The monoisotopic (exact) mass is 254 g/mol. The summed E-state index contributed by atoms with van der Waals surface area (Å²) in [6, 6.07) is 3.98. The predicted octanol–water partition coefficient (Wildman–Crippen LogP) is 3.11. The van der Waals surface area contributed by atoms with Gasteiger partial charge in [-0.2, -0.15) is 0 Å². The quantitative estimate of drug-likeness (QED) is 0.611. The van der Waals surface area contributed by atoms with E-state index in [0.717, 1.165) is 0 Å². The Morgan fingerprint density at radius 2 is 1.94 bits per heavy atom. The second-order valence-corrected chi connectivity index (χ2v) is 5.06. The van der Waals surface area contributed by atoms with Crippen molar-refractivity contribution in [1.82, 2.24) is 0 Å². The van der Waals surface area contributed by atoms with E-state index >= 15 is 0 Å². The van der Waals surface area contributed by atoms with E-state index in [0.29, 0.717) is 17.7 Å². The van der Waals surface area contributed by atoms with Gasteiger partial charge in [0.25, 0.3) is 0 Å². The average molecular weight is 254 g/mol. The van der Waals surface area contributed by atoms with E-state index in [1.54, 1.807) is 6.92 Å². The number of rotatable bonds is 4. The van der Waals surface area contributed by atoms with Crippen LogP contribution >= 0.6 is 0 Å². The molecule has 0 unspecified atom stereocenters. The minimum Gasteiger partial charge on any atom is -0.460 e. The summed E-state index contributed by atoms with van der Waals surface area (Å²) in [5, 5.41) is 0. The number of benzene rings is 1. The molecule has 0 bridgehead atoms. The maximum atomic E-state index is 12.9. The number of hydrogen-bond donors (Lipinski definition) is 0. The fourth-order valence-electron chi connectivity index (χ4n) is 1.42. The molecule has 18 heavy (non-hydrogen) atoms. The SMILES string of the molecule is Cc1cc(F)ccc1C(=O)OCCOC(C)(C)C. The van der Waals surface area contributed by atoms with E-state index in [9.17, 15) is 9.18 Å². The highest BCUT2D eigenvalue weighted by Gasteiger charge is 2.13. The van der Waals surface area contributed by atoms with Gasteiger partial charge in [0.2, 0.25) is 0 Å². The lowest BCUT2D eigenvalue weighted by atomic mass is 10.1. The van der Waals surface area contributed by atoms with Crippen LogP contribution in [0.25, 0.3) is 0 Å². The Labute approximate surface area is 107 Å². The lowest BCUT2D eigenvalue weighted by Crippen LogP contribution is -2.22. The van der Waals surface area contributed by atoms with E-state index in [1.165, 1.54) is 18.2 Å². The first-order chi connectivity index (χ1) is 8.29. The fourth-order valence-corrected chi connectivity index (χ4v) is 1.42. The Bertz CT molecular complexity index is 422. The van der Waals surface area contributed by atoms with Gasteiger partial charge in [0.1, 0.15) is 12.4 Å². The van der Waals surface area contributed by atoms with Crippen molar-refractivity contribution >= 4 is 5.97 Å². The first-order valence-corrected chi connectivity index (χ1v) is 5.87. The lowest BCUT2D eigenvalue weighted by molar-refractivity contribution is -0.0281. The van der Waals surface area contributed by atoms with Crippen LogP contribution in [-0.4, -0.2) is 24.8 Å². The molecule has 0 aromatic heterocycles. The Kier molecular flexibility index (Phi) is 4.84. The molecular weight excluding hydrogens is 235 g/mol. The second-order valence-electron chi connectivity index (χ2n) is 5.06. The van der Waals surface area contributed by atoms with Gasteiger partial charge >= 0.3 is 5.97 Å². The van der Waals surface area contributed by atoms with Crippen LogP contribution in [0.2, 0.25) is 0 Å². The minimum absolute atomic E-state index is 0.187. The molecule has 0 atom stereocenters. The third-order valence-corrected chi connectivity index (χ3v) is 2.26. The van der Waals surface area contributed by atoms with Gasteiger partial charge in [-0.1, -0.05) is 0 Å². The molecule has 0 saturated heterocycles. The Morgan fingerprint density at radius 3 is 2.50 bits per heavy atom. The van der Waals surface area contributed by atoms with Crippen molar-refractivity contribution in [2.75, 3.05) is 13.2 Å². The zero-order valence-corrected chi connectivity index (χ0v) is 11.2. The molecule has 0 aliphatic heterocycles.